The van der Waals surface area contributed by atoms with Gasteiger partial charge in [0.15, 0.2) is 0 Å². The number of benzene rings is 1. The molecule has 1 aliphatic heterocycles. The fourth-order valence-corrected chi connectivity index (χ4v) is 3.28. The Morgan fingerprint density at radius 3 is 2.65 bits per heavy atom. The van der Waals surface area contributed by atoms with E-state index in [1.807, 2.05) is 12.1 Å². The second-order valence-electron chi connectivity index (χ2n) is 5.43. The van der Waals surface area contributed by atoms with Crippen LogP contribution < -0.4 is 10.5 Å². The normalized spacial score (nSPS) is 29.5. The van der Waals surface area contributed by atoms with Gasteiger partial charge >= 0.3 is 0 Å². The van der Waals surface area contributed by atoms with Crippen LogP contribution >= 0.6 is 0 Å². The fourth-order valence-electron chi connectivity index (χ4n) is 3.28. The first-order chi connectivity index (χ1) is 8.34. The number of hydrogen-bond acceptors (Lipinski definition) is 2. The molecule has 1 saturated carbocycles. The lowest BCUT2D eigenvalue weighted by Crippen LogP contribution is -2.36. The zero-order valence-corrected chi connectivity index (χ0v) is 10.3. The van der Waals surface area contributed by atoms with Gasteiger partial charge < -0.3 is 10.5 Å². The molecule has 2 nitrogen and oxygen atoms in total. The molecular formula is C15H21NO. The van der Waals surface area contributed by atoms with E-state index < -0.39 is 0 Å². The summed E-state index contributed by atoms with van der Waals surface area (Å²) in [4.78, 5) is 0. The quantitative estimate of drug-likeness (QED) is 0.803. The third-order valence-electron chi connectivity index (χ3n) is 4.26. The van der Waals surface area contributed by atoms with Crippen LogP contribution in [0.2, 0.25) is 0 Å². The average Bonchev–Trinajstić information content (AvgIpc) is 2.40. The van der Waals surface area contributed by atoms with Gasteiger partial charge in [-0.1, -0.05) is 37.5 Å². The number of nitrogens with two attached hydrogens (primary N) is 1. The van der Waals surface area contributed by atoms with Crippen LogP contribution in [0.5, 0.6) is 5.75 Å². The topological polar surface area (TPSA) is 35.2 Å². The van der Waals surface area contributed by atoms with Crippen LogP contribution in [0.1, 0.15) is 50.1 Å². The Morgan fingerprint density at radius 2 is 1.82 bits per heavy atom. The number of ether oxygens (including phenoxy) is 1. The molecule has 17 heavy (non-hydrogen) atoms. The Morgan fingerprint density at radius 1 is 1.06 bits per heavy atom. The van der Waals surface area contributed by atoms with E-state index in [0.29, 0.717) is 6.10 Å². The first-order valence-electron chi connectivity index (χ1n) is 6.86. The minimum absolute atomic E-state index is 0.159. The van der Waals surface area contributed by atoms with E-state index in [9.17, 15) is 0 Å². The first-order valence-corrected chi connectivity index (χ1v) is 6.86. The molecule has 92 valence electrons. The van der Waals surface area contributed by atoms with Crippen LogP contribution in [-0.4, -0.2) is 6.10 Å². The largest absolute Gasteiger partial charge is 0.490 e. The maximum absolute atomic E-state index is 6.26. The number of rotatable bonds is 1. The summed E-state index contributed by atoms with van der Waals surface area (Å²) in [5.41, 5.74) is 7.44. The maximum atomic E-state index is 6.26. The van der Waals surface area contributed by atoms with Crippen molar-refractivity contribution in [1.29, 1.82) is 0 Å². The summed E-state index contributed by atoms with van der Waals surface area (Å²) in [6, 6.07) is 8.39. The van der Waals surface area contributed by atoms with Crippen molar-refractivity contribution in [1.82, 2.24) is 0 Å². The molecule has 2 heteroatoms. The molecule has 3 rings (SSSR count). The zero-order chi connectivity index (χ0) is 11.7. The van der Waals surface area contributed by atoms with Gasteiger partial charge in [0.1, 0.15) is 11.9 Å². The molecule has 1 aromatic rings. The molecule has 1 aliphatic carbocycles. The van der Waals surface area contributed by atoms with Gasteiger partial charge in [0.25, 0.3) is 0 Å². The summed E-state index contributed by atoms with van der Waals surface area (Å²) >= 11 is 0. The standard InChI is InChI=1S/C15H21NO/c16-13-10-15(11-6-2-1-3-7-11)17-14-9-5-4-8-12(13)14/h4-5,8-9,11,13,15H,1-3,6-7,10,16H2/t13-,15?/m0/s1. The summed E-state index contributed by atoms with van der Waals surface area (Å²) in [5.74, 6) is 1.74. The summed E-state index contributed by atoms with van der Waals surface area (Å²) in [5, 5.41) is 0. The van der Waals surface area contributed by atoms with Crippen molar-refractivity contribution in [3.8, 4) is 5.75 Å². The van der Waals surface area contributed by atoms with Crippen molar-refractivity contribution in [2.24, 2.45) is 11.7 Å². The Labute approximate surface area is 103 Å². The van der Waals surface area contributed by atoms with Crippen molar-refractivity contribution in [3.05, 3.63) is 29.8 Å². The molecule has 0 bridgehead atoms. The highest BCUT2D eigenvalue weighted by Crippen LogP contribution is 2.39. The lowest BCUT2D eigenvalue weighted by atomic mass is 9.81. The van der Waals surface area contributed by atoms with Crippen LogP contribution in [0.3, 0.4) is 0 Å². The maximum Gasteiger partial charge on any atom is 0.124 e. The molecular weight excluding hydrogens is 210 g/mol. The fraction of sp³-hybridized carbons (Fsp3) is 0.600. The van der Waals surface area contributed by atoms with Gasteiger partial charge in [-0.25, -0.2) is 0 Å². The second kappa shape index (κ2) is 4.69. The Kier molecular flexibility index (Phi) is 3.06. The number of hydrogen-bond donors (Lipinski definition) is 1. The minimum atomic E-state index is 0.159. The van der Waals surface area contributed by atoms with Gasteiger partial charge in [-0.2, -0.15) is 0 Å². The number of fused-ring (bicyclic) bond motifs is 1. The van der Waals surface area contributed by atoms with Crippen LogP contribution in [0.25, 0.3) is 0 Å². The Bertz CT molecular complexity index is 384. The average molecular weight is 231 g/mol. The smallest absolute Gasteiger partial charge is 0.124 e. The van der Waals surface area contributed by atoms with E-state index in [-0.39, 0.29) is 6.04 Å². The summed E-state index contributed by atoms with van der Waals surface area (Å²) in [7, 11) is 0. The monoisotopic (exact) mass is 231 g/mol. The molecule has 0 radical (unpaired) electrons. The lowest BCUT2D eigenvalue weighted by Gasteiger charge is -2.36. The van der Waals surface area contributed by atoms with E-state index in [1.165, 1.54) is 37.7 Å². The number of para-hydroxylation sites is 1. The van der Waals surface area contributed by atoms with Crippen LogP contribution in [-0.2, 0) is 0 Å². The van der Waals surface area contributed by atoms with E-state index in [1.54, 1.807) is 0 Å². The SMILES string of the molecule is N[C@H]1CC(C2CCCCC2)Oc2ccccc21. The zero-order valence-electron chi connectivity index (χ0n) is 10.3. The van der Waals surface area contributed by atoms with Crippen molar-refractivity contribution in [2.45, 2.75) is 50.7 Å². The molecule has 0 aromatic heterocycles. The van der Waals surface area contributed by atoms with E-state index >= 15 is 0 Å². The van der Waals surface area contributed by atoms with Gasteiger partial charge in [0.05, 0.1) is 0 Å². The lowest BCUT2D eigenvalue weighted by molar-refractivity contribution is 0.0784. The molecule has 1 unspecified atom stereocenters. The molecule has 2 atom stereocenters. The van der Waals surface area contributed by atoms with Gasteiger partial charge in [-0.05, 0) is 24.8 Å². The van der Waals surface area contributed by atoms with Gasteiger partial charge in [0.2, 0.25) is 0 Å². The van der Waals surface area contributed by atoms with E-state index in [2.05, 4.69) is 12.1 Å². The summed E-state index contributed by atoms with van der Waals surface area (Å²) in [6.07, 6.45) is 8.09. The van der Waals surface area contributed by atoms with Gasteiger partial charge in [-0.15, -0.1) is 0 Å². The van der Waals surface area contributed by atoms with E-state index in [0.717, 1.165) is 18.1 Å². The molecule has 1 aromatic carbocycles. The summed E-state index contributed by atoms with van der Waals surface area (Å²) in [6.45, 7) is 0. The van der Waals surface area contributed by atoms with Gasteiger partial charge in [0, 0.05) is 18.0 Å². The Balaban J connectivity index is 1.78. The van der Waals surface area contributed by atoms with Crippen LogP contribution in [0, 0.1) is 5.92 Å². The molecule has 0 amide bonds. The molecule has 2 aliphatic rings. The van der Waals surface area contributed by atoms with Crippen LogP contribution in [0.15, 0.2) is 24.3 Å². The second-order valence-corrected chi connectivity index (χ2v) is 5.43. The highest BCUT2D eigenvalue weighted by atomic mass is 16.5. The predicted molar refractivity (Wildman–Crippen MR) is 69.0 cm³/mol. The van der Waals surface area contributed by atoms with Crippen LogP contribution in [0.4, 0.5) is 0 Å². The highest BCUT2D eigenvalue weighted by Gasteiger charge is 2.32. The van der Waals surface area contributed by atoms with Gasteiger partial charge in [-0.3, -0.25) is 0 Å². The molecule has 1 fully saturated rings. The van der Waals surface area contributed by atoms with Crippen molar-refractivity contribution < 1.29 is 4.74 Å². The van der Waals surface area contributed by atoms with E-state index in [4.69, 9.17) is 10.5 Å². The third-order valence-corrected chi connectivity index (χ3v) is 4.26. The minimum Gasteiger partial charge on any atom is -0.490 e. The Hall–Kier alpha value is -1.02. The summed E-state index contributed by atoms with van der Waals surface area (Å²) < 4.78 is 6.16. The molecule has 0 spiro atoms. The third kappa shape index (κ3) is 2.19. The van der Waals surface area contributed by atoms with Crippen molar-refractivity contribution in [2.75, 3.05) is 0 Å². The van der Waals surface area contributed by atoms with Crippen molar-refractivity contribution in [3.63, 3.8) is 0 Å². The highest BCUT2D eigenvalue weighted by molar-refractivity contribution is 5.37. The predicted octanol–water partition coefficient (Wildman–Crippen LogP) is 3.42. The molecule has 0 saturated heterocycles. The van der Waals surface area contributed by atoms with Crippen molar-refractivity contribution >= 4 is 0 Å². The molecule has 1 heterocycles. The molecule has 2 N–H and O–H groups in total. The first kappa shape index (κ1) is 11.1.